The number of amides is 1. The maximum atomic E-state index is 10.9. The molecule has 1 unspecified atom stereocenters. The lowest BCUT2D eigenvalue weighted by molar-refractivity contribution is -0.138. The van der Waals surface area contributed by atoms with E-state index in [1.807, 2.05) is 0 Å². The first-order valence-corrected chi connectivity index (χ1v) is 4.44. The minimum absolute atomic E-state index is 0.0682. The number of carbonyl (C=O) groups excluding carboxylic acids is 1. The Hall–Kier alpha value is -1.56. The van der Waals surface area contributed by atoms with E-state index in [0.717, 1.165) is 0 Å². The Morgan fingerprint density at radius 3 is 2.67 bits per heavy atom. The van der Waals surface area contributed by atoms with Gasteiger partial charge in [-0.05, 0) is 0 Å². The molecule has 0 aliphatic carbocycles. The van der Waals surface area contributed by atoms with Crippen molar-refractivity contribution in [2.75, 3.05) is 19.8 Å². The van der Waals surface area contributed by atoms with Crippen molar-refractivity contribution < 1.29 is 24.5 Å². The number of rotatable bonds is 7. The summed E-state index contributed by atoms with van der Waals surface area (Å²) in [6.45, 7) is 3.22. The smallest absolute Gasteiger partial charge is 0.407 e. The number of alkyl carbamates (subject to hydrolysis) is 1. The van der Waals surface area contributed by atoms with E-state index in [-0.39, 0.29) is 26.2 Å². The topological polar surface area (TPSA) is 95.9 Å². The zero-order valence-corrected chi connectivity index (χ0v) is 8.31. The van der Waals surface area contributed by atoms with Gasteiger partial charge in [-0.25, -0.2) is 4.79 Å². The van der Waals surface area contributed by atoms with Gasteiger partial charge in [0.25, 0.3) is 0 Å². The van der Waals surface area contributed by atoms with Crippen LogP contribution in [0.3, 0.4) is 0 Å². The summed E-state index contributed by atoms with van der Waals surface area (Å²) < 4.78 is 4.59. The molecule has 0 saturated carbocycles. The predicted octanol–water partition coefficient (Wildman–Crippen LogP) is -0.0182. The van der Waals surface area contributed by atoms with Crippen LogP contribution < -0.4 is 5.32 Å². The maximum absolute atomic E-state index is 10.9. The van der Waals surface area contributed by atoms with Crippen LogP contribution in [0.1, 0.15) is 6.42 Å². The molecule has 0 aliphatic rings. The van der Waals surface area contributed by atoms with Crippen molar-refractivity contribution in [2.45, 2.75) is 6.42 Å². The van der Waals surface area contributed by atoms with Crippen LogP contribution in [-0.2, 0) is 9.53 Å². The van der Waals surface area contributed by atoms with E-state index in [2.05, 4.69) is 16.6 Å². The van der Waals surface area contributed by atoms with E-state index in [0.29, 0.717) is 0 Å². The van der Waals surface area contributed by atoms with Crippen LogP contribution in [0.15, 0.2) is 12.7 Å². The highest BCUT2D eigenvalue weighted by atomic mass is 16.5. The molecule has 86 valence electrons. The number of aliphatic hydroxyl groups excluding tert-OH is 1. The molecule has 6 nitrogen and oxygen atoms in total. The van der Waals surface area contributed by atoms with Crippen LogP contribution in [0.4, 0.5) is 4.79 Å². The Balaban J connectivity index is 3.74. The van der Waals surface area contributed by atoms with E-state index in [1.54, 1.807) is 0 Å². The van der Waals surface area contributed by atoms with E-state index in [9.17, 15) is 9.59 Å². The first kappa shape index (κ1) is 13.4. The van der Waals surface area contributed by atoms with E-state index in [4.69, 9.17) is 10.2 Å². The van der Waals surface area contributed by atoms with Gasteiger partial charge in [-0.3, -0.25) is 4.79 Å². The van der Waals surface area contributed by atoms with Gasteiger partial charge >= 0.3 is 12.1 Å². The predicted molar refractivity (Wildman–Crippen MR) is 52.4 cm³/mol. The summed E-state index contributed by atoms with van der Waals surface area (Å²) in [5.41, 5.74) is 0. The van der Waals surface area contributed by atoms with E-state index in [1.165, 1.54) is 6.08 Å². The van der Waals surface area contributed by atoms with Gasteiger partial charge in [-0.2, -0.15) is 0 Å². The summed E-state index contributed by atoms with van der Waals surface area (Å²) in [6.07, 6.45) is 0.567. The lowest BCUT2D eigenvalue weighted by Crippen LogP contribution is -2.32. The molecule has 1 atom stereocenters. The highest BCUT2D eigenvalue weighted by Gasteiger charge is 2.13. The minimum atomic E-state index is -1.02. The maximum Gasteiger partial charge on any atom is 0.407 e. The normalized spacial score (nSPS) is 11.5. The number of aliphatic carboxylic acids is 1. The van der Waals surface area contributed by atoms with Gasteiger partial charge in [-0.1, -0.05) is 12.7 Å². The SMILES string of the molecule is C=CCOC(=O)NCC(CO)CC(=O)O. The fourth-order valence-corrected chi connectivity index (χ4v) is 0.862. The Morgan fingerprint density at radius 2 is 2.20 bits per heavy atom. The number of carboxylic acids is 1. The lowest BCUT2D eigenvalue weighted by atomic mass is 10.1. The van der Waals surface area contributed by atoms with Crippen molar-refractivity contribution in [2.24, 2.45) is 5.92 Å². The molecule has 15 heavy (non-hydrogen) atoms. The van der Waals surface area contributed by atoms with Crippen LogP contribution in [0.5, 0.6) is 0 Å². The van der Waals surface area contributed by atoms with E-state index < -0.39 is 18.0 Å². The van der Waals surface area contributed by atoms with Gasteiger partial charge in [0.05, 0.1) is 6.42 Å². The zero-order valence-electron chi connectivity index (χ0n) is 8.31. The molecule has 0 aromatic carbocycles. The van der Waals surface area contributed by atoms with Crippen LogP contribution in [0, 0.1) is 5.92 Å². The van der Waals surface area contributed by atoms with Crippen LogP contribution in [0.2, 0.25) is 0 Å². The van der Waals surface area contributed by atoms with Crippen molar-refractivity contribution in [3.63, 3.8) is 0 Å². The molecule has 0 fully saturated rings. The second-order valence-electron chi connectivity index (χ2n) is 2.91. The number of aliphatic hydroxyl groups is 1. The second-order valence-corrected chi connectivity index (χ2v) is 2.91. The standard InChI is InChI=1S/C9H15NO5/c1-2-3-15-9(14)10-5-7(6-11)4-8(12)13/h2,7,11H,1,3-6H2,(H,10,14)(H,12,13). The molecule has 0 saturated heterocycles. The summed E-state index contributed by atoms with van der Waals surface area (Å²) in [5, 5.41) is 19.6. The van der Waals surface area contributed by atoms with Gasteiger partial charge in [0.15, 0.2) is 0 Å². The monoisotopic (exact) mass is 217 g/mol. The summed E-state index contributed by atoms with van der Waals surface area (Å²) in [7, 11) is 0. The zero-order chi connectivity index (χ0) is 11.7. The molecule has 0 rings (SSSR count). The molecule has 6 heteroatoms. The minimum Gasteiger partial charge on any atom is -0.481 e. The van der Waals surface area contributed by atoms with Gasteiger partial charge in [0, 0.05) is 19.1 Å². The highest BCUT2D eigenvalue weighted by molar-refractivity contribution is 5.68. The molecule has 0 spiro atoms. The Bertz CT molecular complexity index is 229. The molecular weight excluding hydrogens is 202 g/mol. The Morgan fingerprint density at radius 1 is 1.53 bits per heavy atom. The van der Waals surface area contributed by atoms with E-state index >= 15 is 0 Å². The number of ether oxygens (including phenoxy) is 1. The fourth-order valence-electron chi connectivity index (χ4n) is 0.862. The molecule has 3 N–H and O–H groups in total. The molecule has 0 bridgehead atoms. The molecule has 0 aromatic heterocycles. The third-order valence-corrected chi connectivity index (χ3v) is 1.59. The Kier molecular flexibility index (Phi) is 7.00. The van der Waals surface area contributed by atoms with Crippen molar-refractivity contribution in [1.82, 2.24) is 5.32 Å². The average molecular weight is 217 g/mol. The first-order chi connectivity index (χ1) is 7.10. The third kappa shape index (κ3) is 7.51. The van der Waals surface area contributed by atoms with Crippen LogP contribution in [-0.4, -0.2) is 42.0 Å². The molecule has 0 heterocycles. The number of hydrogen-bond donors (Lipinski definition) is 3. The number of hydrogen-bond acceptors (Lipinski definition) is 4. The molecular formula is C9H15NO5. The largest absolute Gasteiger partial charge is 0.481 e. The van der Waals surface area contributed by atoms with Crippen molar-refractivity contribution in [3.05, 3.63) is 12.7 Å². The Labute approximate surface area is 87.5 Å². The second kappa shape index (κ2) is 7.81. The van der Waals surface area contributed by atoms with Crippen molar-refractivity contribution in [3.8, 4) is 0 Å². The molecule has 0 aliphatic heterocycles. The van der Waals surface area contributed by atoms with Crippen LogP contribution in [0.25, 0.3) is 0 Å². The average Bonchev–Trinajstić information content (AvgIpc) is 2.20. The summed E-state index contributed by atoms with van der Waals surface area (Å²) in [4.78, 5) is 21.2. The summed E-state index contributed by atoms with van der Waals surface area (Å²) in [5.74, 6) is -1.52. The fraction of sp³-hybridized carbons (Fsp3) is 0.556. The first-order valence-electron chi connectivity index (χ1n) is 4.44. The lowest BCUT2D eigenvalue weighted by Gasteiger charge is -2.12. The summed E-state index contributed by atoms with van der Waals surface area (Å²) in [6, 6.07) is 0. The van der Waals surface area contributed by atoms with Gasteiger partial charge < -0.3 is 20.3 Å². The van der Waals surface area contributed by atoms with Crippen molar-refractivity contribution >= 4 is 12.1 Å². The molecule has 0 aromatic rings. The highest BCUT2D eigenvalue weighted by Crippen LogP contribution is 2.00. The molecule has 1 amide bonds. The van der Waals surface area contributed by atoms with Crippen molar-refractivity contribution in [1.29, 1.82) is 0 Å². The molecule has 0 radical (unpaired) electrons. The van der Waals surface area contributed by atoms with Gasteiger partial charge in [-0.15, -0.1) is 0 Å². The number of carboxylic acid groups (broad SMARTS) is 1. The third-order valence-electron chi connectivity index (χ3n) is 1.59. The van der Waals surface area contributed by atoms with Gasteiger partial charge in [0.2, 0.25) is 0 Å². The quantitative estimate of drug-likeness (QED) is 0.521. The van der Waals surface area contributed by atoms with Crippen LogP contribution >= 0.6 is 0 Å². The number of carbonyl (C=O) groups is 2. The van der Waals surface area contributed by atoms with Gasteiger partial charge in [0.1, 0.15) is 6.61 Å². The number of nitrogens with one attached hydrogen (secondary N) is 1. The summed E-state index contributed by atoms with van der Waals surface area (Å²) >= 11 is 0.